The minimum absolute atomic E-state index is 0.206. The Kier molecular flexibility index (Phi) is 5.12. The molecule has 0 radical (unpaired) electrons. The van der Waals surface area contributed by atoms with Gasteiger partial charge in [0, 0.05) is 11.6 Å². The van der Waals surface area contributed by atoms with E-state index in [0.717, 1.165) is 5.56 Å². The van der Waals surface area contributed by atoms with E-state index in [9.17, 15) is 10.2 Å². The van der Waals surface area contributed by atoms with E-state index in [4.69, 9.17) is 11.6 Å². The molecule has 0 amide bonds. The van der Waals surface area contributed by atoms with Crippen molar-refractivity contribution in [2.75, 3.05) is 18.5 Å². The summed E-state index contributed by atoms with van der Waals surface area (Å²) in [6.07, 6.45) is 0.544. The Balaban J connectivity index is 2.36. The molecule has 1 aromatic carbocycles. The highest BCUT2D eigenvalue weighted by atomic mass is 35.5. The number of nitrogens with zero attached hydrogens (tertiary/aromatic N) is 2. The number of aliphatic hydroxyl groups is 2. The number of nitrogens with one attached hydrogen (secondary N) is 1. The molecule has 0 spiro atoms. The van der Waals surface area contributed by atoms with Crippen LogP contribution in [0.3, 0.4) is 0 Å². The Bertz CT molecular complexity index is 580. The first-order valence-electron chi connectivity index (χ1n) is 6.72. The molecule has 0 saturated heterocycles. The van der Waals surface area contributed by atoms with Crippen molar-refractivity contribution in [1.29, 1.82) is 0 Å². The number of anilines is 1. The lowest BCUT2D eigenvalue weighted by molar-refractivity contribution is 0.132. The fourth-order valence-electron chi connectivity index (χ4n) is 1.91. The van der Waals surface area contributed by atoms with E-state index in [1.165, 1.54) is 0 Å². The van der Waals surface area contributed by atoms with E-state index in [1.807, 2.05) is 37.3 Å². The van der Waals surface area contributed by atoms with Gasteiger partial charge in [-0.2, -0.15) is 0 Å². The number of rotatable bonds is 6. The van der Waals surface area contributed by atoms with Gasteiger partial charge in [-0.3, -0.25) is 0 Å². The number of aliphatic hydroxyl groups excluding tert-OH is 2. The number of hydrogen-bond acceptors (Lipinski definition) is 5. The molecule has 0 saturated carbocycles. The molecule has 21 heavy (non-hydrogen) atoms. The third-order valence-electron chi connectivity index (χ3n) is 3.40. The van der Waals surface area contributed by atoms with Crippen molar-refractivity contribution in [2.24, 2.45) is 0 Å². The number of benzene rings is 1. The Morgan fingerprint density at radius 3 is 2.38 bits per heavy atom. The lowest BCUT2D eigenvalue weighted by Crippen LogP contribution is -2.45. The molecule has 112 valence electrons. The molecule has 0 atom stereocenters. The lowest BCUT2D eigenvalue weighted by Gasteiger charge is -2.30. The van der Waals surface area contributed by atoms with Crippen LogP contribution in [0, 0.1) is 0 Å². The van der Waals surface area contributed by atoms with Gasteiger partial charge >= 0.3 is 0 Å². The van der Waals surface area contributed by atoms with Crippen molar-refractivity contribution in [1.82, 2.24) is 9.97 Å². The predicted octanol–water partition coefficient (Wildman–Crippen LogP) is 2.34. The van der Waals surface area contributed by atoms with Crippen LogP contribution < -0.4 is 5.32 Å². The van der Waals surface area contributed by atoms with Crippen LogP contribution >= 0.6 is 11.6 Å². The highest BCUT2D eigenvalue weighted by Crippen LogP contribution is 2.23. The predicted molar refractivity (Wildman–Crippen MR) is 83.3 cm³/mol. The third kappa shape index (κ3) is 3.69. The zero-order chi connectivity index (χ0) is 15.3. The molecule has 0 aliphatic carbocycles. The second-order valence-electron chi connectivity index (χ2n) is 4.84. The topological polar surface area (TPSA) is 78.3 Å². The maximum absolute atomic E-state index is 9.49. The quantitative estimate of drug-likeness (QED) is 0.714. The Hall–Kier alpha value is -1.69. The number of hydrogen-bond donors (Lipinski definition) is 3. The fourth-order valence-corrected chi connectivity index (χ4v) is 2.09. The average Bonchev–Trinajstić information content (AvgIpc) is 2.53. The number of halogens is 1. The smallest absolute Gasteiger partial charge is 0.163 e. The highest BCUT2D eigenvalue weighted by molar-refractivity contribution is 6.29. The van der Waals surface area contributed by atoms with Gasteiger partial charge in [0.15, 0.2) is 5.82 Å². The maximum Gasteiger partial charge on any atom is 0.163 e. The SMILES string of the molecule is CCC(CO)(CO)Nc1cc(Cl)nc(-c2ccccc2)n1. The first kappa shape index (κ1) is 15.7. The van der Waals surface area contributed by atoms with Gasteiger partial charge in [0.2, 0.25) is 0 Å². The van der Waals surface area contributed by atoms with Gasteiger partial charge in [-0.1, -0.05) is 48.9 Å². The van der Waals surface area contributed by atoms with Crippen molar-refractivity contribution in [3.63, 3.8) is 0 Å². The summed E-state index contributed by atoms with van der Waals surface area (Å²) in [6, 6.07) is 11.0. The monoisotopic (exact) mass is 307 g/mol. The fraction of sp³-hybridized carbons (Fsp3) is 0.333. The molecular formula is C15H18ClN3O2. The molecule has 3 N–H and O–H groups in total. The largest absolute Gasteiger partial charge is 0.394 e. The summed E-state index contributed by atoms with van der Waals surface area (Å²) in [5.41, 5.74) is 0.0178. The zero-order valence-electron chi connectivity index (χ0n) is 11.8. The molecule has 5 nitrogen and oxygen atoms in total. The van der Waals surface area contributed by atoms with Crippen LogP contribution in [0.5, 0.6) is 0 Å². The molecule has 0 bridgehead atoms. The van der Waals surface area contributed by atoms with Crippen molar-refractivity contribution in [2.45, 2.75) is 18.9 Å². The molecule has 0 fully saturated rings. The minimum Gasteiger partial charge on any atom is -0.394 e. The average molecular weight is 308 g/mol. The van der Waals surface area contributed by atoms with Crippen LogP contribution in [0.1, 0.15) is 13.3 Å². The molecule has 0 aliphatic rings. The van der Waals surface area contributed by atoms with Crippen molar-refractivity contribution < 1.29 is 10.2 Å². The van der Waals surface area contributed by atoms with Crippen LogP contribution in [0.15, 0.2) is 36.4 Å². The normalized spacial score (nSPS) is 11.4. The molecule has 6 heteroatoms. The van der Waals surface area contributed by atoms with Crippen LogP contribution in [-0.4, -0.2) is 38.9 Å². The minimum atomic E-state index is -0.828. The Morgan fingerprint density at radius 2 is 1.81 bits per heavy atom. The first-order chi connectivity index (χ1) is 10.1. The van der Waals surface area contributed by atoms with Gasteiger partial charge < -0.3 is 15.5 Å². The van der Waals surface area contributed by atoms with E-state index in [2.05, 4.69) is 15.3 Å². The van der Waals surface area contributed by atoms with E-state index >= 15 is 0 Å². The van der Waals surface area contributed by atoms with Crippen LogP contribution in [0.25, 0.3) is 11.4 Å². The van der Waals surface area contributed by atoms with Crippen LogP contribution in [0.2, 0.25) is 5.15 Å². The number of aromatic nitrogens is 2. The van der Waals surface area contributed by atoms with Crippen LogP contribution in [-0.2, 0) is 0 Å². The van der Waals surface area contributed by atoms with E-state index in [1.54, 1.807) is 6.07 Å². The molecular weight excluding hydrogens is 290 g/mol. The Labute approximate surface area is 128 Å². The van der Waals surface area contributed by atoms with E-state index in [-0.39, 0.29) is 13.2 Å². The highest BCUT2D eigenvalue weighted by Gasteiger charge is 2.27. The zero-order valence-corrected chi connectivity index (χ0v) is 12.5. The van der Waals surface area contributed by atoms with Crippen molar-refractivity contribution in [3.8, 4) is 11.4 Å². The first-order valence-corrected chi connectivity index (χ1v) is 7.10. The van der Waals surface area contributed by atoms with Crippen molar-refractivity contribution in [3.05, 3.63) is 41.6 Å². The molecule has 2 rings (SSSR count). The summed E-state index contributed by atoms with van der Waals surface area (Å²) in [7, 11) is 0. The van der Waals surface area contributed by atoms with Crippen LogP contribution in [0.4, 0.5) is 5.82 Å². The van der Waals surface area contributed by atoms with Crippen molar-refractivity contribution >= 4 is 17.4 Å². The Morgan fingerprint density at radius 1 is 1.14 bits per heavy atom. The van der Waals surface area contributed by atoms with Gasteiger partial charge in [0.25, 0.3) is 0 Å². The summed E-state index contributed by atoms with van der Waals surface area (Å²) in [5.74, 6) is 0.963. The molecule has 1 aromatic heterocycles. The molecule has 1 heterocycles. The molecule has 0 aliphatic heterocycles. The summed E-state index contributed by atoms with van der Waals surface area (Å²) in [5, 5.41) is 22.3. The summed E-state index contributed by atoms with van der Waals surface area (Å²) >= 11 is 6.04. The van der Waals surface area contributed by atoms with Gasteiger partial charge in [-0.05, 0) is 6.42 Å². The van der Waals surface area contributed by atoms with E-state index < -0.39 is 5.54 Å². The standard InChI is InChI=1S/C15H18ClN3O2/c1-2-15(9-20,10-21)19-13-8-12(16)17-14(18-13)11-6-4-3-5-7-11/h3-8,20-21H,2,9-10H2,1H3,(H,17,18,19). The second kappa shape index (κ2) is 6.85. The van der Waals surface area contributed by atoms with Gasteiger partial charge in [0.1, 0.15) is 11.0 Å². The van der Waals surface area contributed by atoms with Gasteiger partial charge in [0.05, 0.1) is 18.8 Å². The van der Waals surface area contributed by atoms with Gasteiger partial charge in [-0.15, -0.1) is 0 Å². The third-order valence-corrected chi connectivity index (χ3v) is 3.60. The van der Waals surface area contributed by atoms with Gasteiger partial charge in [-0.25, -0.2) is 9.97 Å². The summed E-state index contributed by atoms with van der Waals surface area (Å²) in [6.45, 7) is 1.46. The lowest BCUT2D eigenvalue weighted by atomic mass is 9.98. The summed E-state index contributed by atoms with van der Waals surface area (Å²) in [4.78, 5) is 8.60. The molecule has 2 aromatic rings. The second-order valence-corrected chi connectivity index (χ2v) is 5.23. The summed E-state index contributed by atoms with van der Waals surface area (Å²) < 4.78 is 0. The maximum atomic E-state index is 9.49. The molecule has 0 unspecified atom stereocenters. The van der Waals surface area contributed by atoms with E-state index in [0.29, 0.717) is 23.2 Å².